The van der Waals surface area contributed by atoms with Gasteiger partial charge in [0.15, 0.2) is 10.3 Å². The molecule has 27 heavy (non-hydrogen) atoms. The van der Waals surface area contributed by atoms with Crippen LogP contribution in [0.3, 0.4) is 0 Å². The van der Waals surface area contributed by atoms with Crippen LogP contribution in [-0.4, -0.2) is 33.0 Å². The van der Waals surface area contributed by atoms with Crippen LogP contribution in [0.15, 0.2) is 34.6 Å². The molecule has 2 aromatic rings. The molecule has 1 aliphatic rings. The van der Waals surface area contributed by atoms with Crippen LogP contribution in [0.25, 0.3) is 0 Å². The van der Waals surface area contributed by atoms with Gasteiger partial charge in [0, 0.05) is 12.3 Å². The van der Waals surface area contributed by atoms with Gasteiger partial charge < -0.3 is 5.32 Å². The van der Waals surface area contributed by atoms with E-state index in [1.54, 1.807) is 5.56 Å². The van der Waals surface area contributed by atoms with Crippen molar-refractivity contribution in [3.63, 3.8) is 0 Å². The monoisotopic (exact) mass is 420 g/mol. The molecule has 1 heterocycles. The largest absolute Gasteiger partial charge is 0.353 e. The van der Waals surface area contributed by atoms with E-state index in [2.05, 4.69) is 69.8 Å². The number of nitrogens with zero attached hydrogens (tertiary/aromatic N) is 3. The van der Waals surface area contributed by atoms with Gasteiger partial charge in [-0.15, -0.1) is 25.3 Å². The lowest BCUT2D eigenvalue weighted by Crippen LogP contribution is -2.09. The maximum atomic E-state index is 4.13. The zero-order valence-corrected chi connectivity index (χ0v) is 18.2. The second kappa shape index (κ2) is 11.2. The molecule has 0 atom stereocenters. The molecule has 1 N–H and O–H groups in total. The average molecular weight is 421 g/mol. The van der Waals surface area contributed by atoms with Gasteiger partial charge in [-0.25, -0.2) is 0 Å². The van der Waals surface area contributed by atoms with Gasteiger partial charge in [-0.3, -0.25) is 0 Å². The number of nitrogens with one attached hydrogen (secondary N) is 1. The summed E-state index contributed by atoms with van der Waals surface area (Å²) >= 11 is 10.2. The first-order valence-electron chi connectivity index (χ1n) is 9.75. The van der Waals surface area contributed by atoms with Gasteiger partial charge in [0.2, 0.25) is 5.95 Å². The fourth-order valence-electron chi connectivity index (χ4n) is 3.53. The van der Waals surface area contributed by atoms with E-state index < -0.39 is 0 Å². The van der Waals surface area contributed by atoms with E-state index in [0.29, 0.717) is 16.3 Å². The Kier molecular flexibility index (Phi) is 8.61. The minimum absolute atomic E-state index is 0.387. The molecule has 0 amide bonds. The van der Waals surface area contributed by atoms with E-state index in [-0.39, 0.29) is 0 Å². The predicted molar refractivity (Wildman–Crippen MR) is 121 cm³/mol. The SMILES string of the molecule is Sc1nc(S)nc(NCCSCCc2ccc(C3CCCCCC3)cc2)n1. The smallest absolute Gasteiger partial charge is 0.227 e. The summed E-state index contributed by atoms with van der Waals surface area (Å²) in [6.07, 6.45) is 9.47. The minimum Gasteiger partial charge on any atom is -0.353 e. The van der Waals surface area contributed by atoms with Crippen LogP contribution in [0.2, 0.25) is 0 Å². The molecule has 7 heteroatoms. The highest BCUT2D eigenvalue weighted by atomic mass is 32.2. The summed E-state index contributed by atoms with van der Waals surface area (Å²) in [5.74, 6) is 3.45. The number of anilines is 1. The molecule has 1 aromatic carbocycles. The number of aromatic nitrogens is 3. The minimum atomic E-state index is 0.387. The van der Waals surface area contributed by atoms with Crippen LogP contribution in [-0.2, 0) is 6.42 Å². The molecule has 0 saturated heterocycles. The molecule has 1 aromatic heterocycles. The van der Waals surface area contributed by atoms with E-state index >= 15 is 0 Å². The Hall–Kier alpha value is -0.920. The maximum Gasteiger partial charge on any atom is 0.227 e. The predicted octanol–water partition coefficient (Wildman–Crippen LogP) is 5.27. The third kappa shape index (κ3) is 7.20. The van der Waals surface area contributed by atoms with Crippen molar-refractivity contribution in [3.05, 3.63) is 35.4 Å². The lowest BCUT2D eigenvalue weighted by atomic mass is 9.91. The summed E-state index contributed by atoms with van der Waals surface area (Å²) < 4.78 is 0. The van der Waals surface area contributed by atoms with Crippen molar-refractivity contribution >= 4 is 43.0 Å². The summed E-state index contributed by atoms with van der Waals surface area (Å²) in [7, 11) is 0. The second-order valence-electron chi connectivity index (χ2n) is 6.98. The Morgan fingerprint density at radius 1 is 0.889 bits per heavy atom. The summed E-state index contributed by atoms with van der Waals surface area (Å²) in [4.78, 5) is 12.2. The van der Waals surface area contributed by atoms with Gasteiger partial charge in [0.25, 0.3) is 0 Å². The van der Waals surface area contributed by atoms with Gasteiger partial charge in [-0.2, -0.15) is 26.7 Å². The maximum absolute atomic E-state index is 4.13. The molecule has 0 bridgehead atoms. The normalized spacial score (nSPS) is 15.5. The zero-order chi connectivity index (χ0) is 18.9. The summed E-state index contributed by atoms with van der Waals surface area (Å²) in [6, 6.07) is 9.38. The molecule has 1 fully saturated rings. The quantitative estimate of drug-likeness (QED) is 0.308. The van der Waals surface area contributed by atoms with Crippen molar-refractivity contribution in [2.75, 3.05) is 23.4 Å². The van der Waals surface area contributed by atoms with E-state index in [9.17, 15) is 0 Å². The molecule has 0 radical (unpaired) electrons. The number of aryl methyl sites for hydroxylation is 1. The molecule has 0 spiro atoms. The molecular formula is C20H28N4S3. The first-order chi connectivity index (χ1) is 13.2. The van der Waals surface area contributed by atoms with Crippen molar-refractivity contribution in [1.29, 1.82) is 0 Å². The third-order valence-electron chi connectivity index (χ3n) is 4.98. The topological polar surface area (TPSA) is 50.7 Å². The van der Waals surface area contributed by atoms with Crippen molar-refractivity contribution < 1.29 is 0 Å². The molecule has 0 aliphatic heterocycles. The molecule has 0 unspecified atom stereocenters. The highest BCUT2D eigenvalue weighted by Gasteiger charge is 2.13. The van der Waals surface area contributed by atoms with Crippen LogP contribution < -0.4 is 5.32 Å². The fourth-order valence-corrected chi connectivity index (χ4v) is 4.82. The highest BCUT2D eigenvalue weighted by molar-refractivity contribution is 7.99. The molecule has 3 rings (SSSR count). The van der Waals surface area contributed by atoms with Crippen molar-refractivity contribution in [2.24, 2.45) is 0 Å². The zero-order valence-electron chi connectivity index (χ0n) is 15.6. The van der Waals surface area contributed by atoms with E-state index in [0.717, 1.165) is 30.4 Å². The molecule has 1 saturated carbocycles. The number of hydrogen-bond donors (Lipinski definition) is 3. The van der Waals surface area contributed by atoms with E-state index in [4.69, 9.17) is 0 Å². The standard InChI is InChI=1S/C20H28N4S3/c25-19-22-18(23-20(26)24-19)21-12-14-27-13-11-15-7-9-17(10-8-15)16-5-3-1-2-4-6-16/h7-10,16H,1-6,11-14H2,(H3,21,22,23,24,25,26). The fraction of sp³-hybridized carbons (Fsp3) is 0.550. The third-order valence-corrected chi connectivity index (χ3v) is 6.37. The van der Waals surface area contributed by atoms with E-state index in [1.807, 2.05) is 11.8 Å². The van der Waals surface area contributed by atoms with Gasteiger partial charge in [-0.1, -0.05) is 49.9 Å². The molecule has 146 valence electrons. The average Bonchev–Trinajstić information content (AvgIpc) is 2.94. The first-order valence-corrected chi connectivity index (χ1v) is 11.8. The van der Waals surface area contributed by atoms with Crippen LogP contribution in [0.1, 0.15) is 55.6 Å². The molecule has 1 aliphatic carbocycles. The Balaban J connectivity index is 1.34. The lowest BCUT2D eigenvalue weighted by Gasteiger charge is -2.15. The summed E-state index contributed by atoms with van der Waals surface area (Å²) in [5, 5.41) is 3.97. The van der Waals surface area contributed by atoms with Gasteiger partial charge >= 0.3 is 0 Å². The summed E-state index contributed by atoms with van der Waals surface area (Å²) in [6.45, 7) is 0.815. The highest BCUT2D eigenvalue weighted by Crippen LogP contribution is 2.31. The van der Waals surface area contributed by atoms with Crippen LogP contribution in [0.4, 0.5) is 5.95 Å². The summed E-state index contributed by atoms with van der Waals surface area (Å²) in [5.41, 5.74) is 2.98. The van der Waals surface area contributed by atoms with Gasteiger partial charge in [0.1, 0.15) is 0 Å². The van der Waals surface area contributed by atoms with Crippen LogP contribution in [0.5, 0.6) is 0 Å². The number of thioether (sulfide) groups is 1. The second-order valence-corrected chi connectivity index (χ2v) is 9.00. The Labute approximate surface area is 177 Å². The first kappa shape index (κ1) is 20.8. The number of thiol groups is 2. The Morgan fingerprint density at radius 2 is 1.56 bits per heavy atom. The Morgan fingerprint density at radius 3 is 2.22 bits per heavy atom. The number of hydrogen-bond acceptors (Lipinski definition) is 7. The number of benzene rings is 1. The van der Waals surface area contributed by atoms with Crippen LogP contribution >= 0.6 is 37.0 Å². The lowest BCUT2D eigenvalue weighted by molar-refractivity contribution is 0.592. The molecular weight excluding hydrogens is 392 g/mol. The van der Waals surface area contributed by atoms with Crippen LogP contribution in [0, 0.1) is 0 Å². The van der Waals surface area contributed by atoms with E-state index in [1.165, 1.54) is 44.1 Å². The van der Waals surface area contributed by atoms with Crippen molar-refractivity contribution in [1.82, 2.24) is 15.0 Å². The number of rotatable bonds is 8. The van der Waals surface area contributed by atoms with Gasteiger partial charge in [0.05, 0.1) is 0 Å². The Bertz CT molecular complexity index is 681. The van der Waals surface area contributed by atoms with Gasteiger partial charge in [-0.05, 0) is 42.1 Å². The molecule has 4 nitrogen and oxygen atoms in total. The van der Waals surface area contributed by atoms with Crippen molar-refractivity contribution in [3.8, 4) is 0 Å². The van der Waals surface area contributed by atoms with Crippen molar-refractivity contribution in [2.45, 2.75) is 61.2 Å².